The largest absolute Gasteiger partial charge is 0.497 e. The Bertz CT molecular complexity index is 492. The highest BCUT2D eigenvalue weighted by atomic mass is 16.5. The Morgan fingerprint density at radius 1 is 1.41 bits per heavy atom. The number of carbonyl (C=O) groups excluding carboxylic acids is 1. The molecule has 0 saturated carbocycles. The molecule has 88 valence electrons. The minimum atomic E-state index is 0.133. The van der Waals surface area contributed by atoms with Crippen LogP contribution >= 0.6 is 0 Å². The van der Waals surface area contributed by atoms with Gasteiger partial charge in [-0.05, 0) is 17.7 Å². The van der Waals surface area contributed by atoms with Gasteiger partial charge in [-0.15, -0.1) is 0 Å². The van der Waals surface area contributed by atoms with Gasteiger partial charge in [-0.3, -0.25) is 4.79 Å². The predicted octanol–water partition coefficient (Wildman–Crippen LogP) is 1.77. The lowest BCUT2D eigenvalue weighted by Gasteiger charge is -2.03. The summed E-state index contributed by atoms with van der Waals surface area (Å²) in [5.41, 5.74) is 0.959. The van der Waals surface area contributed by atoms with Gasteiger partial charge in [0.05, 0.1) is 13.5 Å². The number of methoxy groups -OCH3 is 1. The number of nitrogens with one attached hydrogen (secondary N) is 1. The molecule has 4 nitrogen and oxygen atoms in total. The standard InChI is InChI=1S/C13H14N2O2/c1-17-12-4-2-3-10(8-12)7-11(16)9-13-14-5-6-15-13/h2-6,8H,7,9H2,1H3,(H,14,15). The summed E-state index contributed by atoms with van der Waals surface area (Å²) in [6, 6.07) is 7.54. The number of ketones is 1. The van der Waals surface area contributed by atoms with Crippen LogP contribution in [-0.4, -0.2) is 22.9 Å². The Labute approximate surface area is 99.7 Å². The molecule has 1 aromatic heterocycles. The van der Waals surface area contributed by atoms with Gasteiger partial charge in [0.25, 0.3) is 0 Å². The smallest absolute Gasteiger partial charge is 0.144 e. The van der Waals surface area contributed by atoms with Crippen molar-refractivity contribution >= 4 is 5.78 Å². The summed E-state index contributed by atoms with van der Waals surface area (Å²) in [5, 5.41) is 0. The molecule has 4 heteroatoms. The minimum absolute atomic E-state index is 0.133. The van der Waals surface area contributed by atoms with E-state index in [0.29, 0.717) is 18.7 Å². The zero-order valence-electron chi connectivity index (χ0n) is 9.64. The first-order valence-corrected chi connectivity index (χ1v) is 5.41. The van der Waals surface area contributed by atoms with Crippen LogP contribution in [0.4, 0.5) is 0 Å². The maximum absolute atomic E-state index is 11.8. The van der Waals surface area contributed by atoms with E-state index in [1.165, 1.54) is 0 Å². The van der Waals surface area contributed by atoms with Crippen molar-refractivity contribution < 1.29 is 9.53 Å². The Morgan fingerprint density at radius 3 is 3.00 bits per heavy atom. The number of benzene rings is 1. The van der Waals surface area contributed by atoms with E-state index in [1.54, 1.807) is 19.5 Å². The van der Waals surface area contributed by atoms with Crippen LogP contribution in [0.15, 0.2) is 36.7 Å². The van der Waals surface area contributed by atoms with E-state index in [0.717, 1.165) is 11.3 Å². The lowest BCUT2D eigenvalue weighted by Crippen LogP contribution is -2.07. The quantitative estimate of drug-likeness (QED) is 0.851. The van der Waals surface area contributed by atoms with Crippen molar-refractivity contribution in [2.45, 2.75) is 12.8 Å². The van der Waals surface area contributed by atoms with Gasteiger partial charge in [-0.2, -0.15) is 0 Å². The average molecular weight is 230 g/mol. The Kier molecular flexibility index (Phi) is 3.55. The van der Waals surface area contributed by atoms with E-state index in [1.807, 2.05) is 24.3 Å². The second kappa shape index (κ2) is 5.30. The molecule has 0 radical (unpaired) electrons. The molecular formula is C13H14N2O2. The van der Waals surface area contributed by atoms with Gasteiger partial charge >= 0.3 is 0 Å². The van der Waals surface area contributed by atoms with Crippen LogP contribution in [0.1, 0.15) is 11.4 Å². The molecule has 0 amide bonds. The van der Waals surface area contributed by atoms with E-state index in [4.69, 9.17) is 4.74 Å². The second-order valence-corrected chi connectivity index (χ2v) is 3.78. The normalized spacial score (nSPS) is 10.2. The van der Waals surface area contributed by atoms with Gasteiger partial charge in [0.2, 0.25) is 0 Å². The first-order chi connectivity index (χ1) is 8.28. The number of aromatic nitrogens is 2. The summed E-state index contributed by atoms with van der Waals surface area (Å²) in [4.78, 5) is 18.7. The molecule has 0 aliphatic carbocycles. The number of nitrogens with zero attached hydrogens (tertiary/aromatic N) is 1. The third-order valence-electron chi connectivity index (χ3n) is 2.45. The molecule has 1 heterocycles. The van der Waals surface area contributed by atoms with Gasteiger partial charge in [0.15, 0.2) is 0 Å². The molecule has 17 heavy (non-hydrogen) atoms. The van der Waals surface area contributed by atoms with Crippen molar-refractivity contribution in [2.24, 2.45) is 0 Å². The Balaban J connectivity index is 1.98. The number of carbonyl (C=O) groups is 1. The fraction of sp³-hybridized carbons (Fsp3) is 0.231. The fourth-order valence-corrected chi connectivity index (χ4v) is 1.65. The van der Waals surface area contributed by atoms with Gasteiger partial charge in [0.1, 0.15) is 17.4 Å². The molecule has 0 aliphatic heterocycles. The van der Waals surface area contributed by atoms with Crippen LogP contribution < -0.4 is 4.74 Å². The number of Topliss-reactive ketones (excluding diaryl/α,β-unsaturated/α-hetero) is 1. The lowest BCUT2D eigenvalue weighted by molar-refractivity contribution is -0.117. The van der Waals surface area contributed by atoms with Crippen molar-refractivity contribution in [3.05, 3.63) is 48.0 Å². The molecule has 0 aliphatic rings. The molecule has 1 N–H and O–H groups in total. The number of hydrogen-bond acceptors (Lipinski definition) is 3. The molecule has 0 unspecified atom stereocenters. The molecule has 2 rings (SSSR count). The molecule has 0 saturated heterocycles. The highest BCUT2D eigenvalue weighted by molar-refractivity contribution is 5.82. The lowest BCUT2D eigenvalue weighted by atomic mass is 10.1. The van der Waals surface area contributed by atoms with Crippen LogP contribution in [-0.2, 0) is 17.6 Å². The fourth-order valence-electron chi connectivity index (χ4n) is 1.65. The summed E-state index contributed by atoms with van der Waals surface area (Å²) in [5.74, 6) is 1.61. The van der Waals surface area contributed by atoms with Crippen LogP contribution in [0.2, 0.25) is 0 Å². The van der Waals surface area contributed by atoms with Gasteiger partial charge in [-0.1, -0.05) is 12.1 Å². The van der Waals surface area contributed by atoms with Crippen molar-refractivity contribution in [3.8, 4) is 5.75 Å². The molecule has 1 aromatic carbocycles. The first kappa shape index (κ1) is 11.4. The van der Waals surface area contributed by atoms with E-state index in [9.17, 15) is 4.79 Å². The molecule has 0 bridgehead atoms. The number of H-pyrrole nitrogens is 1. The molecule has 0 atom stereocenters. The van der Waals surface area contributed by atoms with E-state index < -0.39 is 0 Å². The maximum atomic E-state index is 11.8. The summed E-state index contributed by atoms with van der Waals surface area (Å²) in [7, 11) is 1.61. The average Bonchev–Trinajstić information content (AvgIpc) is 2.82. The van der Waals surface area contributed by atoms with Crippen molar-refractivity contribution in [1.82, 2.24) is 9.97 Å². The Morgan fingerprint density at radius 2 is 2.29 bits per heavy atom. The predicted molar refractivity (Wildman–Crippen MR) is 64.0 cm³/mol. The number of imidazole rings is 1. The third kappa shape index (κ3) is 3.17. The summed E-state index contributed by atoms with van der Waals surface area (Å²) in [6.45, 7) is 0. The summed E-state index contributed by atoms with van der Waals surface area (Å²) >= 11 is 0. The minimum Gasteiger partial charge on any atom is -0.497 e. The number of hydrogen-bond donors (Lipinski definition) is 1. The van der Waals surface area contributed by atoms with Crippen LogP contribution in [0, 0.1) is 0 Å². The second-order valence-electron chi connectivity index (χ2n) is 3.78. The number of aromatic amines is 1. The SMILES string of the molecule is COc1cccc(CC(=O)Cc2ncc[nH]2)c1. The van der Waals surface area contributed by atoms with Gasteiger partial charge < -0.3 is 9.72 Å². The Hall–Kier alpha value is -2.10. The molecular weight excluding hydrogens is 216 g/mol. The first-order valence-electron chi connectivity index (χ1n) is 5.41. The van der Waals surface area contributed by atoms with Gasteiger partial charge in [-0.25, -0.2) is 4.98 Å². The molecule has 2 aromatic rings. The summed E-state index contributed by atoms with van der Waals surface area (Å²) in [6.07, 6.45) is 4.10. The molecule has 0 fully saturated rings. The monoisotopic (exact) mass is 230 g/mol. The highest BCUT2D eigenvalue weighted by Crippen LogP contribution is 2.13. The highest BCUT2D eigenvalue weighted by Gasteiger charge is 2.07. The van der Waals surface area contributed by atoms with Crippen molar-refractivity contribution in [3.63, 3.8) is 0 Å². The van der Waals surface area contributed by atoms with Crippen LogP contribution in [0.3, 0.4) is 0 Å². The zero-order chi connectivity index (χ0) is 12.1. The third-order valence-corrected chi connectivity index (χ3v) is 2.45. The van der Waals surface area contributed by atoms with E-state index >= 15 is 0 Å². The molecule has 0 spiro atoms. The van der Waals surface area contributed by atoms with Crippen molar-refractivity contribution in [2.75, 3.05) is 7.11 Å². The van der Waals surface area contributed by atoms with Gasteiger partial charge in [0, 0.05) is 18.8 Å². The van der Waals surface area contributed by atoms with E-state index in [2.05, 4.69) is 9.97 Å². The van der Waals surface area contributed by atoms with E-state index in [-0.39, 0.29) is 5.78 Å². The topological polar surface area (TPSA) is 55.0 Å². The van der Waals surface area contributed by atoms with Crippen molar-refractivity contribution in [1.29, 1.82) is 0 Å². The van der Waals surface area contributed by atoms with Crippen LogP contribution in [0.25, 0.3) is 0 Å². The maximum Gasteiger partial charge on any atom is 0.144 e. The summed E-state index contributed by atoms with van der Waals surface area (Å²) < 4.78 is 5.11. The zero-order valence-corrected chi connectivity index (χ0v) is 9.64. The number of ether oxygens (including phenoxy) is 1. The van der Waals surface area contributed by atoms with Crippen LogP contribution in [0.5, 0.6) is 5.75 Å². The number of rotatable bonds is 5.